The van der Waals surface area contributed by atoms with Gasteiger partial charge in [0.1, 0.15) is 11.8 Å². The van der Waals surface area contributed by atoms with Crippen LogP contribution >= 0.6 is 11.3 Å². The van der Waals surface area contributed by atoms with Gasteiger partial charge in [0, 0.05) is 16.0 Å². The fraction of sp³-hybridized carbons (Fsp3) is 0.154. The Labute approximate surface area is 109 Å². The highest BCUT2D eigenvalue weighted by Crippen LogP contribution is 2.14. The van der Waals surface area contributed by atoms with Crippen molar-refractivity contribution in [3.8, 4) is 6.07 Å². The molecule has 0 aliphatic rings. The highest BCUT2D eigenvalue weighted by Gasteiger charge is 2.07. The molecule has 0 saturated carbocycles. The maximum atomic E-state index is 11.8. The number of aromatic nitrogens is 1. The fourth-order valence-electron chi connectivity index (χ4n) is 1.43. The summed E-state index contributed by atoms with van der Waals surface area (Å²) in [4.78, 5) is 18.0. The van der Waals surface area contributed by atoms with E-state index in [4.69, 9.17) is 5.26 Å². The standard InChI is InChI=1S/C13H11N3OS/c1-9-2-4-11(18-9)8-16-13(17)12-5-3-10(6-14)7-15-12/h2-5,7H,8H2,1H3,(H,16,17). The molecule has 2 aromatic heterocycles. The number of pyridine rings is 1. The Balaban J connectivity index is 1.97. The third-order valence-electron chi connectivity index (χ3n) is 2.34. The first-order chi connectivity index (χ1) is 8.69. The molecule has 0 fully saturated rings. The van der Waals surface area contributed by atoms with Crippen molar-refractivity contribution < 1.29 is 4.79 Å². The first kappa shape index (κ1) is 12.3. The molecule has 0 spiro atoms. The third-order valence-corrected chi connectivity index (χ3v) is 3.35. The van der Waals surface area contributed by atoms with Crippen LogP contribution in [0.2, 0.25) is 0 Å². The predicted molar refractivity (Wildman–Crippen MR) is 69.2 cm³/mol. The molecule has 2 aromatic rings. The van der Waals surface area contributed by atoms with Crippen molar-refractivity contribution in [1.82, 2.24) is 10.3 Å². The number of rotatable bonds is 3. The van der Waals surface area contributed by atoms with Gasteiger partial charge >= 0.3 is 0 Å². The zero-order chi connectivity index (χ0) is 13.0. The van der Waals surface area contributed by atoms with Crippen molar-refractivity contribution in [2.75, 3.05) is 0 Å². The molecule has 2 rings (SSSR count). The van der Waals surface area contributed by atoms with Gasteiger partial charge in [-0.1, -0.05) is 0 Å². The topological polar surface area (TPSA) is 65.8 Å². The molecular formula is C13H11N3OS. The zero-order valence-electron chi connectivity index (χ0n) is 9.80. The Morgan fingerprint density at radius 2 is 2.28 bits per heavy atom. The summed E-state index contributed by atoms with van der Waals surface area (Å²) in [6.45, 7) is 2.52. The number of hydrogen-bond acceptors (Lipinski definition) is 4. The Hall–Kier alpha value is -2.19. The Bertz CT molecular complexity index is 595. The van der Waals surface area contributed by atoms with Crippen LogP contribution in [0.15, 0.2) is 30.5 Å². The number of nitriles is 1. The molecule has 18 heavy (non-hydrogen) atoms. The number of aryl methyl sites for hydroxylation is 1. The molecule has 0 aliphatic carbocycles. The second-order valence-corrected chi connectivity index (χ2v) is 5.11. The van der Waals surface area contributed by atoms with Gasteiger partial charge in [-0.05, 0) is 31.2 Å². The first-order valence-corrected chi connectivity index (χ1v) is 6.20. The monoisotopic (exact) mass is 257 g/mol. The summed E-state index contributed by atoms with van der Waals surface area (Å²) in [6.07, 6.45) is 1.39. The van der Waals surface area contributed by atoms with Crippen LogP contribution in [0.4, 0.5) is 0 Å². The van der Waals surface area contributed by atoms with Crippen LogP contribution < -0.4 is 5.32 Å². The summed E-state index contributed by atoms with van der Waals surface area (Å²) in [6, 6.07) is 9.10. The van der Waals surface area contributed by atoms with E-state index in [1.807, 2.05) is 25.1 Å². The second-order valence-electron chi connectivity index (χ2n) is 3.74. The third kappa shape index (κ3) is 2.93. The molecule has 0 aliphatic heterocycles. The Morgan fingerprint density at radius 1 is 1.44 bits per heavy atom. The summed E-state index contributed by atoms with van der Waals surface area (Å²) < 4.78 is 0. The predicted octanol–water partition coefficient (Wildman–Crippen LogP) is 2.25. The average Bonchev–Trinajstić information content (AvgIpc) is 2.82. The number of nitrogens with zero attached hydrogens (tertiary/aromatic N) is 2. The van der Waals surface area contributed by atoms with E-state index in [-0.39, 0.29) is 5.91 Å². The van der Waals surface area contributed by atoms with Crippen molar-refractivity contribution in [3.05, 3.63) is 51.5 Å². The SMILES string of the molecule is Cc1ccc(CNC(=O)c2ccc(C#N)cn2)s1. The quantitative estimate of drug-likeness (QED) is 0.917. The lowest BCUT2D eigenvalue weighted by atomic mass is 10.2. The molecule has 90 valence electrons. The highest BCUT2D eigenvalue weighted by atomic mass is 32.1. The molecule has 0 atom stereocenters. The second kappa shape index (κ2) is 5.43. The minimum atomic E-state index is -0.231. The molecule has 0 saturated heterocycles. The van der Waals surface area contributed by atoms with Crippen LogP contribution in [-0.4, -0.2) is 10.9 Å². The normalized spacial score (nSPS) is 9.78. The molecule has 1 N–H and O–H groups in total. The first-order valence-electron chi connectivity index (χ1n) is 5.38. The zero-order valence-corrected chi connectivity index (χ0v) is 10.6. The maximum absolute atomic E-state index is 11.8. The summed E-state index contributed by atoms with van der Waals surface area (Å²) >= 11 is 1.65. The summed E-state index contributed by atoms with van der Waals surface area (Å²) in [5.41, 5.74) is 0.766. The van der Waals surface area contributed by atoms with Gasteiger partial charge < -0.3 is 5.32 Å². The molecular weight excluding hydrogens is 246 g/mol. The van der Waals surface area contributed by atoms with E-state index in [9.17, 15) is 4.79 Å². The Kier molecular flexibility index (Phi) is 3.70. The maximum Gasteiger partial charge on any atom is 0.270 e. The number of amides is 1. The smallest absolute Gasteiger partial charge is 0.270 e. The van der Waals surface area contributed by atoms with Gasteiger partial charge in [0.15, 0.2) is 0 Å². The van der Waals surface area contributed by atoms with Gasteiger partial charge in [0.05, 0.1) is 12.1 Å². The van der Waals surface area contributed by atoms with E-state index >= 15 is 0 Å². The van der Waals surface area contributed by atoms with Gasteiger partial charge in [-0.2, -0.15) is 5.26 Å². The van der Waals surface area contributed by atoms with Gasteiger partial charge in [-0.25, -0.2) is 4.98 Å². The van der Waals surface area contributed by atoms with E-state index in [2.05, 4.69) is 10.3 Å². The van der Waals surface area contributed by atoms with Crippen molar-refractivity contribution in [2.45, 2.75) is 13.5 Å². The number of carbonyl (C=O) groups excluding carboxylic acids is 1. The summed E-state index contributed by atoms with van der Waals surface area (Å²) in [5, 5.41) is 11.4. The number of carbonyl (C=O) groups is 1. The molecule has 0 unspecified atom stereocenters. The van der Waals surface area contributed by atoms with E-state index in [1.165, 1.54) is 11.1 Å². The fourth-order valence-corrected chi connectivity index (χ4v) is 2.26. The average molecular weight is 257 g/mol. The van der Waals surface area contributed by atoms with Crippen molar-refractivity contribution in [3.63, 3.8) is 0 Å². The van der Waals surface area contributed by atoms with Crippen molar-refractivity contribution >= 4 is 17.2 Å². The lowest BCUT2D eigenvalue weighted by Crippen LogP contribution is -2.23. The van der Waals surface area contributed by atoms with E-state index in [1.54, 1.807) is 23.5 Å². The minimum Gasteiger partial charge on any atom is -0.346 e. The number of hydrogen-bond donors (Lipinski definition) is 1. The van der Waals surface area contributed by atoms with Crippen LogP contribution in [0.25, 0.3) is 0 Å². The minimum absolute atomic E-state index is 0.231. The largest absolute Gasteiger partial charge is 0.346 e. The van der Waals surface area contributed by atoms with Crippen LogP contribution in [0, 0.1) is 18.3 Å². The van der Waals surface area contributed by atoms with Crippen LogP contribution in [0.1, 0.15) is 25.8 Å². The number of thiophene rings is 1. The van der Waals surface area contributed by atoms with E-state index in [0.717, 1.165) is 4.88 Å². The lowest BCUT2D eigenvalue weighted by molar-refractivity contribution is 0.0946. The molecule has 1 amide bonds. The Morgan fingerprint density at radius 3 is 2.83 bits per heavy atom. The van der Waals surface area contributed by atoms with Gasteiger partial charge in [0.25, 0.3) is 5.91 Å². The van der Waals surface area contributed by atoms with E-state index < -0.39 is 0 Å². The molecule has 0 bridgehead atoms. The van der Waals surface area contributed by atoms with Gasteiger partial charge in [0.2, 0.25) is 0 Å². The molecule has 0 aromatic carbocycles. The molecule has 4 nitrogen and oxygen atoms in total. The van der Waals surface area contributed by atoms with Crippen LogP contribution in [0.5, 0.6) is 0 Å². The van der Waals surface area contributed by atoms with Crippen molar-refractivity contribution in [1.29, 1.82) is 5.26 Å². The van der Waals surface area contributed by atoms with Crippen LogP contribution in [-0.2, 0) is 6.54 Å². The molecule has 5 heteroatoms. The molecule has 2 heterocycles. The van der Waals surface area contributed by atoms with Crippen LogP contribution in [0.3, 0.4) is 0 Å². The van der Waals surface area contributed by atoms with Crippen molar-refractivity contribution in [2.24, 2.45) is 0 Å². The van der Waals surface area contributed by atoms with Gasteiger partial charge in [-0.15, -0.1) is 11.3 Å². The lowest BCUT2D eigenvalue weighted by Gasteiger charge is -2.02. The molecule has 0 radical (unpaired) electrons. The van der Waals surface area contributed by atoms with E-state index in [0.29, 0.717) is 17.8 Å². The summed E-state index contributed by atoms with van der Waals surface area (Å²) in [5.74, 6) is -0.231. The highest BCUT2D eigenvalue weighted by molar-refractivity contribution is 7.11. The number of nitrogens with one attached hydrogen (secondary N) is 1. The van der Waals surface area contributed by atoms with Gasteiger partial charge in [-0.3, -0.25) is 4.79 Å². The summed E-state index contributed by atoms with van der Waals surface area (Å²) in [7, 11) is 0.